The molecule has 3 nitrogen and oxygen atoms in total. The van der Waals surface area contributed by atoms with Crippen LogP contribution in [0.2, 0.25) is 0 Å². The first-order chi connectivity index (χ1) is 6.99. The van der Waals surface area contributed by atoms with E-state index in [1.807, 2.05) is 6.07 Å². The summed E-state index contributed by atoms with van der Waals surface area (Å²) in [5.74, 6) is 0.684. The Kier molecular flexibility index (Phi) is 2.87. The van der Waals surface area contributed by atoms with E-state index in [1.165, 1.54) is 4.88 Å². The predicted molar refractivity (Wildman–Crippen MR) is 62.6 cm³/mol. The highest BCUT2D eigenvalue weighted by molar-refractivity contribution is 7.91. The quantitative estimate of drug-likeness (QED) is 0.733. The molecule has 0 saturated carbocycles. The lowest BCUT2D eigenvalue weighted by molar-refractivity contribution is -0.919. The second kappa shape index (κ2) is 3.88. The Morgan fingerprint density at radius 2 is 2.07 bits per heavy atom. The van der Waals surface area contributed by atoms with Gasteiger partial charge in [-0.15, -0.1) is 11.3 Å². The van der Waals surface area contributed by atoms with Crippen LogP contribution in [0.25, 0.3) is 0 Å². The maximum absolute atomic E-state index is 11.3. The monoisotopic (exact) mass is 246 g/mol. The first-order valence-electron chi connectivity index (χ1n) is 5.06. The molecule has 0 bridgehead atoms. The highest BCUT2D eigenvalue weighted by Gasteiger charge is 2.32. The van der Waals surface area contributed by atoms with Crippen LogP contribution in [0, 0.1) is 0 Å². The van der Waals surface area contributed by atoms with Crippen molar-refractivity contribution in [3.63, 3.8) is 0 Å². The molecule has 0 aliphatic carbocycles. The number of rotatable bonds is 2. The molecular weight excluding hydrogens is 230 g/mol. The summed E-state index contributed by atoms with van der Waals surface area (Å²) in [6.07, 6.45) is 0. The summed E-state index contributed by atoms with van der Waals surface area (Å²) in [6.45, 7) is 2.47. The molecule has 84 valence electrons. The number of hydrogen-bond donors (Lipinski definition) is 0. The van der Waals surface area contributed by atoms with Gasteiger partial charge in [0, 0.05) is 0 Å². The van der Waals surface area contributed by atoms with E-state index < -0.39 is 9.84 Å². The maximum atomic E-state index is 11.3. The molecule has 2 heterocycles. The van der Waals surface area contributed by atoms with Gasteiger partial charge in [0.05, 0.1) is 36.5 Å². The first kappa shape index (κ1) is 11.1. The third kappa shape index (κ3) is 2.80. The molecule has 1 aromatic rings. The van der Waals surface area contributed by atoms with Crippen LogP contribution < -0.4 is 0 Å². The lowest BCUT2D eigenvalue weighted by Gasteiger charge is -2.37. The molecule has 2 rings (SSSR count). The standard InChI is InChI=1S/C10H16NO2S2/c1-11(9-10-3-2-6-14-10)4-7-15(12,13)8-5-11/h2-3,6H,4-5,7-9H2,1H3/q+1. The molecule has 0 unspecified atom stereocenters. The fourth-order valence-electron chi connectivity index (χ4n) is 1.87. The molecule has 0 spiro atoms. The minimum absolute atomic E-state index is 0.342. The topological polar surface area (TPSA) is 34.1 Å². The molecule has 0 atom stereocenters. The summed E-state index contributed by atoms with van der Waals surface area (Å²) >= 11 is 1.75. The molecular formula is C10H16NO2S2+. The van der Waals surface area contributed by atoms with Gasteiger partial charge >= 0.3 is 0 Å². The molecule has 0 N–H and O–H groups in total. The van der Waals surface area contributed by atoms with Crippen LogP contribution in [0.15, 0.2) is 17.5 Å². The number of sulfone groups is 1. The molecule has 1 aliphatic rings. The Balaban J connectivity index is 2.04. The van der Waals surface area contributed by atoms with E-state index in [0.29, 0.717) is 11.5 Å². The van der Waals surface area contributed by atoms with Crippen molar-refractivity contribution >= 4 is 21.2 Å². The van der Waals surface area contributed by atoms with Gasteiger partial charge in [-0.25, -0.2) is 8.42 Å². The zero-order valence-corrected chi connectivity index (χ0v) is 10.5. The zero-order chi connectivity index (χ0) is 10.9. The van der Waals surface area contributed by atoms with Crippen molar-refractivity contribution in [2.24, 2.45) is 0 Å². The van der Waals surface area contributed by atoms with Crippen LogP contribution in [0.1, 0.15) is 4.88 Å². The highest BCUT2D eigenvalue weighted by Crippen LogP contribution is 2.19. The summed E-state index contributed by atoms with van der Waals surface area (Å²) < 4.78 is 23.5. The summed E-state index contributed by atoms with van der Waals surface area (Å²) in [6, 6.07) is 4.17. The van der Waals surface area contributed by atoms with Gasteiger partial charge in [0.15, 0.2) is 9.84 Å². The SMILES string of the molecule is C[N+]1(Cc2cccs2)CCS(=O)(=O)CC1. The van der Waals surface area contributed by atoms with Gasteiger partial charge in [-0.2, -0.15) is 0 Å². The van der Waals surface area contributed by atoms with E-state index in [0.717, 1.165) is 24.1 Å². The molecule has 0 amide bonds. The molecule has 1 aromatic heterocycles. The van der Waals surface area contributed by atoms with E-state index >= 15 is 0 Å². The lowest BCUT2D eigenvalue weighted by atomic mass is 10.3. The van der Waals surface area contributed by atoms with Gasteiger partial charge in [0.25, 0.3) is 0 Å². The van der Waals surface area contributed by atoms with Crippen LogP contribution in [-0.4, -0.2) is 44.5 Å². The number of hydrogen-bond acceptors (Lipinski definition) is 3. The van der Waals surface area contributed by atoms with Crippen LogP contribution in [0.3, 0.4) is 0 Å². The summed E-state index contributed by atoms with van der Waals surface area (Å²) in [5.41, 5.74) is 0. The Morgan fingerprint density at radius 3 is 2.60 bits per heavy atom. The minimum Gasteiger partial charge on any atom is -0.320 e. The number of nitrogens with zero attached hydrogens (tertiary/aromatic N) is 1. The average molecular weight is 246 g/mol. The van der Waals surface area contributed by atoms with E-state index in [4.69, 9.17) is 0 Å². The largest absolute Gasteiger partial charge is 0.320 e. The van der Waals surface area contributed by atoms with Crippen molar-refractivity contribution in [2.45, 2.75) is 6.54 Å². The van der Waals surface area contributed by atoms with E-state index in [1.54, 1.807) is 11.3 Å². The summed E-state index contributed by atoms with van der Waals surface area (Å²) in [4.78, 5) is 1.34. The molecule has 1 fully saturated rings. The first-order valence-corrected chi connectivity index (χ1v) is 7.76. The fraction of sp³-hybridized carbons (Fsp3) is 0.600. The number of quaternary nitrogens is 1. The third-order valence-corrected chi connectivity index (χ3v) is 5.47. The van der Waals surface area contributed by atoms with Crippen molar-refractivity contribution in [2.75, 3.05) is 31.6 Å². The van der Waals surface area contributed by atoms with Crippen molar-refractivity contribution in [3.05, 3.63) is 22.4 Å². The highest BCUT2D eigenvalue weighted by atomic mass is 32.2. The molecule has 5 heteroatoms. The number of thiophene rings is 1. The Morgan fingerprint density at radius 1 is 1.40 bits per heavy atom. The normalized spacial score (nSPS) is 23.8. The smallest absolute Gasteiger partial charge is 0.161 e. The van der Waals surface area contributed by atoms with Gasteiger partial charge in [-0.1, -0.05) is 6.07 Å². The third-order valence-electron chi connectivity index (χ3n) is 3.00. The average Bonchev–Trinajstić information content (AvgIpc) is 2.64. The molecule has 15 heavy (non-hydrogen) atoms. The Bertz CT molecular complexity index is 408. The van der Waals surface area contributed by atoms with E-state index in [2.05, 4.69) is 18.5 Å². The van der Waals surface area contributed by atoms with Gasteiger partial charge < -0.3 is 4.48 Å². The summed E-state index contributed by atoms with van der Waals surface area (Å²) in [7, 11) is -0.598. The van der Waals surface area contributed by atoms with Crippen LogP contribution in [-0.2, 0) is 16.4 Å². The lowest BCUT2D eigenvalue weighted by Crippen LogP contribution is -2.53. The van der Waals surface area contributed by atoms with Crippen molar-refractivity contribution in [1.29, 1.82) is 0 Å². The zero-order valence-electron chi connectivity index (χ0n) is 8.85. The summed E-state index contributed by atoms with van der Waals surface area (Å²) in [5, 5.41) is 2.07. The van der Waals surface area contributed by atoms with Crippen LogP contribution in [0.4, 0.5) is 0 Å². The Labute approximate surface area is 94.9 Å². The minimum atomic E-state index is -2.74. The predicted octanol–water partition coefficient (Wildman–Crippen LogP) is 1.12. The molecule has 1 aliphatic heterocycles. The van der Waals surface area contributed by atoms with E-state index in [9.17, 15) is 8.42 Å². The maximum Gasteiger partial charge on any atom is 0.161 e. The van der Waals surface area contributed by atoms with Gasteiger partial charge in [-0.05, 0) is 11.4 Å². The van der Waals surface area contributed by atoms with Crippen molar-refractivity contribution < 1.29 is 12.9 Å². The van der Waals surface area contributed by atoms with Crippen molar-refractivity contribution in [3.8, 4) is 0 Å². The van der Waals surface area contributed by atoms with Gasteiger partial charge in [0.2, 0.25) is 0 Å². The molecule has 0 radical (unpaired) electrons. The van der Waals surface area contributed by atoms with Gasteiger partial charge in [-0.3, -0.25) is 0 Å². The Hall–Kier alpha value is -0.390. The fourth-order valence-corrected chi connectivity index (χ4v) is 4.39. The van der Waals surface area contributed by atoms with Crippen LogP contribution in [0.5, 0.6) is 0 Å². The second-order valence-electron chi connectivity index (χ2n) is 4.46. The van der Waals surface area contributed by atoms with Crippen molar-refractivity contribution in [1.82, 2.24) is 0 Å². The second-order valence-corrected chi connectivity index (χ2v) is 7.79. The molecule has 1 saturated heterocycles. The van der Waals surface area contributed by atoms with Crippen LogP contribution >= 0.6 is 11.3 Å². The van der Waals surface area contributed by atoms with E-state index in [-0.39, 0.29) is 0 Å². The van der Waals surface area contributed by atoms with Gasteiger partial charge in [0.1, 0.15) is 6.54 Å². The molecule has 0 aromatic carbocycles.